The molecule has 4 nitrogen and oxygen atoms in total. The Morgan fingerprint density at radius 2 is 2.00 bits per heavy atom. The van der Waals surface area contributed by atoms with Crippen LogP contribution in [0.5, 0.6) is 0 Å². The first kappa shape index (κ1) is 12.9. The van der Waals surface area contributed by atoms with Gasteiger partial charge in [-0.05, 0) is 12.3 Å². The molecule has 0 rings (SSSR count). The number of hydrogen-bond acceptors (Lipinski definition) is 3. The van der Waals surface area contributed by atoms with Crippen LogP contribution in [0.15, 0.2) is 0 Å². The summed E-state index contributed by atoms with van der Waals surface area (Å²) in [6, 6.07) is 0. The monoisotopic (exact) mass is 210 g/mol. The van der Waals surface area contributed by atoms with Crippen molar-refractivity contribution < 1.29 is 17.2 Å². The third-order valence-corrected chi connectivity index (χ3v) is 2.36. The molecule has 0 aromatic carbocycles. The normalized spacial score (nSPS) is 14.4. The Morgan fingerprint density at radius 3 is 2.46 bits per heavy atom. The minimum Gasteiger partial charge on any atom is -0.264 e. The van der Waals surface area contributed by atoms with Crippen molar-refractivity contribution in [3.05, 3.63) is 0 Å². The van der Waals surface area contributed by atoms with Crippen LogP contribution in [0.3, 0.4) is 0 Å². The quantitative estimate of drug-likeness (QED) is 0.653. The van der Waals surface area contributed by atoms with Crippen LogP contribution in [-0.4, -0.2) is 19.6 Å². The van der Waals surface area contributed by atoms with Crippen molar-refractivity contribution in [3.8, 4) is 0 Å². The van der Waals surface area contributed by atoms with Gasteiger partial charge in [0.25, 0.3) is 0 Å². The zero-order chi connectivity index (χ0) is 10.3. The molecule has 0 aliphatic carbocycles. The average Bonchev–Trinajstić information content (AvgIpc) is 1.98. The summed E-state index contributed by atoms with van der Waals surface area (Å²) in [5, 5.41) is 0. The van der Waals surface area contributed by atoms with Gasteiger partial charge in [0.1, 0.15) is 0 Å². The molecule has 13 heavy (non-hydrogen) atoms. The van der Waals surface area contributed by atoms with E-state index in [2.05, 4.69) is 11.1 Å². The maximum Gasteiger partial charge on any atom is 0.397 e. The lowest BCUT2D eigenvalue weighted by Crippen LogP contribution is -2.08. The van der Waals surface area contributed by atoms with Crippen molar-refractivity contribution in [1.29, 1.82) is 0 Å². The van der Waals surface area contributed by atoms with E-state index in [0.717, 1.165) is 19.3 Å². The summed E-state index contributed by atoms with van der Waals surface area (Å²) in [4.78, 5) is 0. The fraction of sp³-hybridized carbons (Fsp3) is 1.00. The predicted molar refractivity (Wildman–Crippen MR) is 50.8 cm³/mol. The standard InChI is InChI=1S/C8H18O4S/c1-3-4-5-8(2)6-7-12-13(9,10)11/h8H,3-7H2,1-2H3,(H,9,10,11). The molecule has 0 bridgehead atoms. The second kappa shape index (κ2) is 6.34. The molecule has 1 atom stereocenters. The minimum absolute atomic E-state index is 0.0731. The highest BCUT2D eigenvalue weighted by molar-refractivity contribution is 7.80. The second-order valence-corrected chi connectivity index (χ2v) is 4.38. The summed E-state index contributed by atoms with van der Waals surface area (Å²) in [7, 11) is -4.24. The molecule has 0 aliphatic rings. The predicted octanol–water partition coefficient (Wildman–Crippen LogP) is 2.02. The van der Waals surface area contributed by atoms with E-state index in [1.54, 1.807) is 0 Å². The van der Waals surface area contributed by atoms with Gasteiger partial charge < -0.3 is 0 Å². The average molecular weight is 210 g/mol. The molecule has 1 N–H and O–H groups in total. The zero-order valence-electron chi connectivity index (χ0n) is 8.19. The van der Waals surface area contributed by atoms with Crippen LogP contribution in [0.25, 0.3) is 0 Å². The molecule has 0 aromatic heterocycles. The summed E-state index contributed by atoms with van der Waals surface area (Å²) in [5.41, 5.74) is 0. The summed E-state index contributed by atoms with van der Waals surface area (Å²) < 4.78 is 32.8. The van der Waals surface area contributed by atoms with Gasteiger partial charge in [-0.2, -0.15) is 8.42 Å². The molecular formula is C8H18O4S. The van der Waals surface area contributed by atoms with Crippen molar-refractivity contribution >= 4 is 10.4 Å². The minimum atomic E-state index is -4.24. The van der Waals surface area contributed by atoms with Gasteiger partial charge in [0.2, 0.25) is 0 Å². The molecule has 0 aliphatic heterocycles. The van der Waals surface area contributed by atoms with Crippen LogP contribution in [0.4, 0.5) is 0 Å². The highest BCUT2D eigenvalue weighted by Crippen LogP contribution is 2.11. The molecule has 0 spiro atoms. The van der Waals surface area contributed by atoms with Crippen LogP contribution in [0, 0.1) is 5.92 Å². The van der Waals surface area contributed by atoms with Crippen LogP contribution in [0.2, 0.25) is 0 Å². The molecular weight excluding hydrogens is 192 g/mol. The molecule has 0 radical (unpaired) electrons. The maximum absolute atomic E-state index is 10.2. The Hall–Kier alpha value is -0.130. The first-order valence-electron chi connectivity index (χ1n) is 4.57. The molecule has 0 aromatic rings. The van der Waals surface area contributed by atoms with Gasteiger partial charge in [-0.25, -0.2) is 4.18 Å². The van der Waals surface area contributed by atoms with E-state index in [0.29, 0.717) is 12.3 Å². The molecule has 80 valence electrons. The number of unbranched alkanes of at least 4 members (excludes halogenated alkanes) is 1. The van der Waals surface area contributed by atoms with Gasteiger partial charge in [-0.1, -0.05) is 33.1 Å². The van der Waals surface area contributed by atoms with Gasteiger partial charge >= 0.3 is 10.4 Å². The summed E-state index contributed by atoms with van der Waals surface area (Å²) in [6.45, 7) is 4.23. The Bertz CT molecular complexity index is 210. The van der Waals surface area contributed by atoms with Crippen molar-refractivity contribution in [1.82, 2.24) is 0 Å². The van der Waals surface area contributed by atoms with Gasteiger partial charge in [-0.3, -0.25) is 4.55 Å². The highest BCUT2D eigenvalue weighted by Gasteiger charge is 2.06. The van der Waals surface area contributed by atoms with Crippen LogP contribution < -0.4 is 0 Å². The first-order chi connectivity index (χ1) is 5.95. The third-order valence-electron chi connectivity index (χ3n) is 1.89. The van der Waals surface area contributed by atoms with Crippen LogP contribution in [-0.2, 0) is 14.6 Å². The molecule has 5 heteroatoms. The van der Waals surface area contributed by atoms with E-state index >= 15 is 0 Å². The smallest absolute Gasteiger partial charge is 0.264 e. The van der Waals surface area contributed by atoms with Gasteiger partial charge in [0.15, 0.2) is 0 Å². The van der Waals surface area contributed by atoms with Gasteiger partial charge in [0, 0.05) is 0 Å². The number of hydrogen-bond donors (Lipinski definition) is 1. The molecule has 1 unspecified atom stereocenters. The van der Waals surface area contributed by atoms with Crippen molar-refractivity contribution in [2.75, 3.05) is 6.61 Å². The summed E-state index contributed by atoms with van der Waals surface area (Å²) >= 11 is 0. The largest absolute Gasteiger partial charge is 0.397 e. The fourth-order valence-electron chi connectivity index (χ4n) is 1.05. The van der Waals surface area contributed by atoms with Crippen molar-refractivity contribution in [2.24, 2.45) is 5.92 Å². The highest BCUT2D eigenvalue weighted by atomic mass is 32.3. The van der Waals surface area contributed by atoms with Crippen LogP contribution >= 0.6 is 0 Å². The molecule has 0 fully saturated rings. The van der Waals surface area contributed by atoms with E-state index in [1.165, 1.54) is 0 Å². The summed E-state index contributed by atoms with van der Waals surface area (Å²) in [5.74, 6) is 0.446. The third kappa shape index (κ3) is 9.79. The number of rotatable bonds is 7. The van der Waals surface area contributed by atoms with Gasteiger partial charge in [0.05, 0.1) is 6.61 Å². The van der Waals surface area contributed by atoms with E-state index in [1.807, 2.05) is 6.92 Å². The lowest BCUT2D eigenvalue weighted by atomic mass is 10.0. The lowest BCUT2D eigenvalue weighted by Gasteiger charge is -2.08. The van der Waals surface area contributed by atoms with E-state index in [9.17, 15) is 8.42 Å². The summed E-state index contributed by atoms with van der Waals surface area (Å²) in [6.07, 6.45) is 4.03. The lowest BCUT2D eigenvalue weighted by molar-refractivity contribution is 0.245. The topological polar surface area (TPSA) is 63.6 Å². The van der Waals surface area contributed by atoms with E-state index < -0.39 is 10.4 Å². The Balaban J connectivity index is 3.42. The van der Waals surface area contributed by atoms with Crippen LogP contribution in [0.1, 0.15) is 39.5 Å². The second-order valence-electron chi connectivity index (χ2n) is 3.29. The molecule has 0 saturated carbocycles. The Kier molecular flexibility index (Phi) is 6.28. The molecule has 0 amide bonds. The van der Waals surface area contributed by atoms with E-state index in [4.69, 9.17) is 4.55 Å². The van der Waals surface area contributed by atoms with E-state index in [-0.39, 0.29) is 6.61 Å². The van der Waals surface area contributed by atoms with Crippen molar-refractivity contribution in [2.45, 2.75) is 39.5 Å². The SMILES string of the molecule is CCCCC(C)CCOS(=O)(=O)O. The van der Waals surface area contributed by atoms with Crippen molar-refractivity contribution in [3.63, 3.8) is 0 Å². The molecule has 0 saturated heterocycles. The Morgan fingerprint density at radius 1 is 1.38 bits per heavy atom. The maximum atomic E-state index is 10.2. The fourth-order valence-corrected chi connectivity index (χ4v) is 1.36. The first-order valence-corrected chi connectivity index (χ1v) is 5.94. The molecule has 0 heterocycles. The zero-order valence-corrected chi connectivity index (χ0v) is 9.01. The Labute approximate surface area is 80.2 Å². The van der Waals surface area contributed by atoms with Gasteiger partial charge in [-0.15, -0.1) is 0 Å².